The Labute approximate surface area is 128 Å². The van der Waals surface area contributed by atoms with Gasteiger partial charge in [-0.05, 0) is 49.8 Å². The summed E-state index contributed by atoms with van der Waals surface area (Å²) in [7, 11) is 0. The second kappa shape index (κ2) is 5.23. The highest BCUT2D eigenvalue weighted by Gasteiger charge is 2.40. The SMILES string of the molecule is O=C(N[C@@H]1C[C@H]1c1ccc(F)cc1)c1n[nH]c2c1CCCC2. The van der Waals surface area contributed by atoms with Crippen LogP contribution < -0.4 is 5.32 Å². The van der Waals surface area contributed by atoms with Gasteiger partial charge in [0.25, 0.3) is 5.91 Å². The Morgan fingerprint density at radius 2 is 2.00 bits per heavy atom. The molecule has 22 heavy (non-hydrogen) atoms. The summed E-state index contributed by atoms with van der Waals surface area (Å²) in [6.07, 6.45) is 5.10. The third-order valence-electron chi connectivity index (χ3n) is 4.68. The Morgan fingerprint density at radius 3 is 2.82 bits per heavy atom. The molecule has 0 aliphatic heterocycles. The van der Waals surface area contributed by atoms with Gasteiger partial charge >= 0.3 is 0 Å². The molecule has 0 radical (unpaired) electrons. The van der Waals surface area contributed by atoms with E-state index < -0.39 is 0 Å². The van der Waals surface area contributed by atoms with Crippen LogP contribution in [0.1, 0.15) is 52.5 Å². The number of nitrogens with zero attached hydrogens (tertiary/aromatic N) is 1. The first-order chi connectivity index (χ1) is 10.7. The van der Waals surface area contributed by atoms with Gasteiger partial charge in [0.2, 0.25) is 0 Å². The lowest BCUT2D eigenvalue weighted by Gasteiger charge is -2.11. The van der Waals surface area contributed by atoms with Crippen molar-refractivity contribution in [3.63, 3.8) is 0 Å². The number of carbonyl (C=O) groups is 1. The number of benzene rings is 1. The van der Waals surface area contributed by atoms with Gasteiger partial charge < -0.3 is 5.32 Å². The molecule has 2 N–H and O–H groups in total. The normalized spacial score (nSPS) is 23.0. The van der Waals surface area contributed by atoms with Crippen molar-refractivity contribution in [3.8, 4) is 0 Å². The highest BCUT2D eigenvalue weighted by atomic mass is 19.1. The maximum absolute atomic E-state index is 12.9. The van der Waals surface area contributed by atoms with Crippen LogP contribution >= 0.6 is 0 Å². The quantitative estimate of drug-likeness (QED) is 0.915. The van der Waals surface area contributed by atoms with Crippen LogP contribution in [0.15, 0.2) is 24.3 Å². The van der Waals surface area contributed by atoms with Crippen molar-refractivity contribution in [1.29, 1.82) is 0 Å². The standard InChI is InChI=1S/C17H18FN3O/c18-11-7-5-10(6-8-11)13-9-15(13)19-17(22)16-12-3-1-2-4-14(12)20-21-16/h5-8,13,15H,1-4,9H2,(H,19,22)(H,20,21)/t13-,15+/m0/s1. The number of nitrogens with one attached hydrogen (secondary N) is 2. The molecular weight excluding hydrogens is 281 g/mol. The van der Waals surface area contributed by atoms with Gasteiger partial charge in [0, 0.05) is 23.2 Å². The largest absolute Gasteiger partial charge is 0.347 e. The summed E-state index contributed by atoms with van der Waals surface area (Å²) < 4.78 is 12.9. The summed E-state index contributed by atoms with van der Waals surface area (Å²) in [6, 6.07) is 6.66. The van der Waals surface area contributed by atoms with E-state index in [0.29, 0.717) is 11.6 Å². The minimum atomic E-state index is -0.229. The highest BCUT2D eigenvalue weighted by molar-refractivity contribution is 5.94. The van der Waals surface area contributed by atoms with E-state index in [9.17, 15) is 9.18 Å². The Hall–Kier alpha value is -2.17. The van der Waals surface area contributed by atoms with Crippen molar-refractivity contribution in [2.75, 3.05) is 0 Å². The summed E-state index contributed by atoms with van der Waals surface area (Å²) in [5.74, 6) is -0.0264. The number of hydrogen-bond acceptors (Lipinski definition) is 2. The minimum absolute atomic E-state index is 0.0889. The second-order valence-electron chi connectivity index (χ2n) is 6.21. The molecule has 4 nitrogen and oxygen atoms in total. The van der Waals surface area contributed by atoms with E-state index in [-0.39, 0.29) is 17.8 Å². The molecule has 2 aliphatic carbocycles. The van der Waals surface area contributed by atoms with Crippen LogP contribution in [0.3, 0.4) is 0 Å². The zero-order chi connectivity index (χ0) is 15.1. The number of halogens is 1. The molecule has 0 spiro atoms. The van der Waals surface area contributed by atoms with E-state index in [1.807, 2.05) is 0 Å². The van der Waals surface area contributed by atoms with Crippen molar-refractivity contribution in [1.82, 2.24) is 15.5 Å². The molecule has 5 heteroatoms. The zero-order valence-electron chi connectivity index (χ0n) is 12.2. The molecule has 2 aromatic rings. The monoisotopic (exact) mass is 299 g/mol. The first-order valence-corrected chi connectivity index (χ1v) is 7.85. The Balaban J connectivity index is 1.43. The molecule has 1 fully saturated rings. The lowest BCUT2D eigenvalue weighted by molar-refractivity contribution is 0.0944. The number of hydrogen-bond donors (Lipinski definition) is 2. The van der Waals surface area contributed by atoms with E-state index in [2.05, 4.69) is 15.5 Å². The first-order valence-electron chi connectivity index (χ1n) is 7.85. The fraction of sp³-hybridized carbons (Fsp3) is 0.412. The second-order valence-corrected chi connectivity index (χ2v) is 6.21. The molecule has 4 rings (SSSR count). The van der Waals surface area contributed by atoms with E-state index in [0.717, 1.165) is 48.9 Å². The third-order valence-corrected chi connectivity index (χ3v) is 4.68. The lowest BCUT2D eigenvalue weighted by Crippen LogP contribution is -2.28. The average molecular weight is 299 g/mol. The summed E-state index contributed by atoms with van der Waals surface area (Å²) in [5.41, 5.74) is 3.83. The highest BCUT2D eigenvalue weighted by Crippen LogP contribution is 2.41. The van der Waals surface area contributed by atoms with Crippen molar-refractivity contribution in [2.24, 2.45) is 0 Å². The van der Waals surface area contributed by atoms with E-state index in [1.165, 1.54) is 12.1 Å². The molecular formula is C17H18FN3O. The van der Waals surface area contributed by atoms with E-state index in [4.69, 9.17) is 0 Å². The molecule has 1 heterocycles. The Kier molecular flexibility index (Phi) is 3.21. The van der Waals surface area contributed by atoms with E-state index in [1.54, 1.807) is 12.1 Å². The predicted octanol–water partition coefficient (Wildman–Crippen LogP) is 2.71. The van der Waals surface area contributed by atoms with Gasteiger partial charge in [-0.1, -0.05) is 12.1 Å². The van der Waals surface area contributed by atoms with Crippen LogP contribution in [-0.4, -0.2) is 22.1 Å². The number of amides is 1. The summed E-state index contributed by atoms with van der Waals surface area (Å²) in [4.78, 5) is 12.4. The third kappa shape index (κ3) is 2.40. The fourth-order valence-electron chi connectivity index (χ4n) is 3.34. The molecule has 1 aromatic carbocycles. The van der Waals surface area contributed by atoms with Gasteiger partial charge in [-0.25, -0.2) is 4.39 Å². The number of fused-ring (bicyclic) bond motifs is 1. The summed E-state index contributed by atoms with van der Waals surface area (Å²) in [5, 5.41) is 10.3. The maximum atomic E-state index is 12.9. The minimum Gasteiger partial charge on any atom is -0.347 e. The number of aromatic nitrogens is 2. The first kappa shape index (κ1) is 13.5. The molecule has 1 aromatic heterocycles. The van der Waals surface area contributed by atoms with Gasteiger partial charge in [0.15, 0.2) is 5.69 Å². The number of rotatable bonds is 3. The Bertz CT molecular complexity index is 707. The van der Waals surface area contributed by atoms with Crippen molar-refractivity contribution in [2.45, 2.75) is 44.1 Å². The predicted molar refractivity (Wildman–Crippen MR) is 80.2 cm³/mol. The summed E-state index contributed by atoms with van der Waals surface area (Å²) in [6.45, 7) is 0. The molecule has 0 unspecified atom stereocenters. The smallest absolute Gasteiger partial charge is 0.272 e. The Morgan fingerprint density at radius 1 is 1.23 bits per heavy atom. The fourth-order valence-corrected chi connectivity index (χ4v) is 3.34. The lowest BCUT2D eigenvalue weighted by atomic mass is 9.96. The number of H-pyrrole nitrogens is 1. The van der Waals surface area contributed by atoms with Crippen LogP contribution in [0.5, 0.6) is 0 Å². The molecule has 0 bridgehead atoms. The van der Waals surface area contributed by atoms with Gasteiger partial charge in [-0.2, -0.15) is 5.10 Å². The zero-order valence-corrected chi connectivity index (χ0v) is 12.2. The van der Waals surface area contributed by atoms with E-state index >= 15 is 0 Å². The average Bonchev–Trinajstić information content (AvgIpc) is 3.15. The molecule has 1 amide bonds. The number of aromatic amines is 1. The molecule has 114 valence electrons. The van der Waals surface area contributed by atoms with Crippen molar-refractivity contribution in [3.05, 3.63) is 52.6 Å². The maximum Gasteiger partial charge on any atom is 0.272 e. The topological polar surface area (TPSA) is 57.8 Å². The molecule has 2 aliphatic rings. The molecule has 1 saturated carbocycles. The molecule has 0 saturated heterocycles. The number of aryl methyl sites for hydroxylation is 1. The van der Waals surface area contributed by atoms with Gasteiger partial charge in [-0.3, -0.25) is 9.89 Å². The summed E-state index contributed by atoms with van der Waals surface area (Å²) >= 11 is 0. The van der Waals surface area contributed by atoms with Crippen molar-refractivity contribution < 1.29 is 9.18 Å². The van der Waals surface area contributed by atoms with Gasteiger partial charge in [0.05, 0.1) is 0 Å². The van der Waals surface area contributed by atoms with Gasteiger partial charge in [-0.15, -0.1) is 0 Å². The number of carbonyl (C=O) groups excluding carboxylic acids is 1. The van der Waals surface area contributed by atoms with Crippen LogP contribution in [0, 0.1) is 5.82 Å². The van der Waals surface area contributed by atoms with Crippen LogP contribution in [0.4, 0.5) is 4.39 Å². The van der Waals surface area contributed by atoms with Gasteiger partial charge in [0.1, 0.15) is 5.82 Å². The molecule has 2 atom stereocenters. The van der Waals surface area contributed by atoms with Crippen LogP contribution in [0.25, 0.3) is 0 Å². The van der Waals surface area contributed by atoms with Crippen LogP contribution in [0.2, 0.25) is 0 Å². The van der Waals surface area contributed by atoms with Crippen LogP contribution in [-0.2, 0) is 12.8 Å². The van der Waals surface area contributed by atoms with Crippen molar-refractivity contribution >= 4 is 5.91 Å².